The monoisotopic (exact) mass is 1040 g/mol. The summed E-state index contributed by atoms with van der Waals surface area (Å²) >= 11 is 0. The van der Waals surface area contributed by atoms with Crippen molar-refractivity contribution in [1.82, 2.24) is 0 Å². The Labute approximate surface area is 461 Å². The molecule has 0 aliphatic heterocycles. The molecule has 1 atom stereocenters. The fraction of sp³-hybridized carbons (Fsp3) is 0.868. The van der Waals surface area contributed by atoms with Crippen LogP contribution in [0, 0.1) is 0 Å². The van der Waals surface area contributed by atoms with E-state index in [2.05, 4.69) is 57.2 Å². The number of esters is 3. The third-order valence-electron chi connectivity index (χ3n) is 14.9. The van der Waals surface area contributed by atoms with Crippen molar-refractivity contribution >= 4 is 17.9 Å². The minimum atomic E-state index is -0.778. The topological polar surface area (TPSA) is 78.9 Å². The standard InChI is InChI=1S/C68H126O6/c1-4-7-10-13-16-19-22-25-27-29-31-32-33-34-35-36-37-38-40-41-43-46-49-52-55-58-61-67(70)73-64-65(63-72-66(69)60-57-54-51-48-45-24-21-18-15-12-9-6-3)74-68(71)62-59-56-53-50-47-44-42-39-30-28-26-23-20-17-14-11-8-5-2/h18,20-21,23,28,30,65H,4-17,19,22,24-27,29,31-64H2,1-3H3/b21-18-,23-20-,30-28-. The van der Waals surface area contributed by atoms with Gasteiger partial charge in [0.25, 0.3) is 0 Å². The van der Waals surface area contributed by atoms with Gasteiger partial charge in [0, 0.05) is 19.3 Å². The van der Waals surface area contributed by atoms with Crippen molar-refractivity contribution < 1.29 is 28.6 Å². The Bertz CT molecular complexity index is 1240. The Kier molecular flexibility index (Phi) is 61.1. The maximum atomic E-state index is 12.9. The highest BCUT2D eigenvalue weighted by Gasteiger charge is 2.19. The highest BCUT2D eigenvalue weighted by Crippen LogP contribution is 2.18. The Morgan fingerprint density at radius 2 is 0.486 bits per heavy atom. The van der Waals surface area contributed by atoms with E-state index < -0.39 is 6.10 Å². The lowest BCUT2D eigenvalue weighted by Crippen LogP contribution is -2.30. The van der Waals surface area contributed by atoms with Crippen LogP contribution < -0.4 is 0 Å². The van der Waals surface area contributed by atoms with Crippen molar-refractivity contribution in [3.63, 3.8) is 0 Å². The van der Waals surface area contributed by atoms with Crippen LogP contribution in [-0.2, 0) is 28.6 Å². The van der Waals surface area contributed by atoms with Gasteiger partial charge < -0.3 is 14.2 Å². The van der Waals surface area contributed by atoms with Crippen LogP contribution in [0.4, 0.5) is 0 Å². The molecule has 434 valence electrons. The lowest BCUT2D eigenvalue weighted by molar-refractivity contribution is -0.167. The molecule has 0 aromatic rings. The maximum absolute atomic E-state index is 12.9. The largest absolute Gasteiger partial charge is 0.462 e. The van der Waals surface area contributed by atoms with Gasteiger partial charge in [0.1, 0.15) is 13.2 Å². The quantitative estimate of drug-likeness (QED) is 0.0261. The molecule has 0 amide bonds. The summed E-state index contributed by atoms with van der Waals surface area (Å²) in [4.78, 5) is 38.3. The Hall–Kier alpha value is -2.37. The smallest absolute Gasteiger partial charge is 0.306 e. The second-order valence-corrected chi connectivity index (χ2v) is 22.4. The van der Waals surface area contributed by atoms with Gasteiger partial charge in [-0.3, -0.25) is 14.4 Å². The van der Waals surface area contributed by atoms with Crippen molar-refractivity contribution in [1.29, 1.82) is 0 Å². The fourth-order valence-electron chi connectivity index (χ4n) is 9.88. The first kappa shape index (κ1) is 71.6. The molecule has 0 N–H and O–H groups in total. The van der Waals surface area contributed by atoms with E-state index in [9.17, 15) is 14.4 Å². The van der Waals surface area contributed by atoms with Crippen molar-refractivity contribution in [3.8, 4) is 0 Å². The molecule has 0 aromatic heterocycles. The van der Waals surface area contributed by atoms with Gasteiger partial charge in [-0.2, -0.15) is 0 Å². The average Bonchev–Trinajstić information content (AvgIpc) is 3.40. The van der Waals surface area contributed by atoms with E-state index in [-0.39, 0.29) is 31.1 Å². The molecule has 0 aromatic carbocycles. The first-order valence-electron chi connectivity index (χ1n) is 33.0. The van der Waals surface area contributed by atoms with Gasteiger partial charge in [0.2, 0.25) is 0 Å². The molecule has 0 spiro atoms. The van der Waals surface area contributed by atoms with E-state index in [1.54, 1.807) is 0 Å². The molecule has 6 nitrogen and oxygen atoms in total. The van der Waals surface area contributed by atoms with Crippen LogP contribution in [0.3, 0.4) is 0 Å². The maximum Gasteiger partial charge on any atom is 0.306 e. The van der Waals surface area contributed by atoms with Gasteiger partial charge >= 0.3 is 17.9 Å². The molecule has 0 rings (SSSR count). The van der Waals surface area contributed by atoms with Crippen molar-refractivity contribution in [2.75, 3.05) is 13.2 Å². The van der Waals surface area contributed by atoms with E-state index in [1.165, 1.54) is 244 Å². The minimum absolute atomic E-state index is 0.0740. The van der Waals surface area contributed by atoms with Gasteiger partial charge in [-0.1, -0.05) is 301 Å². The summed E-state index contributed by atoms with van der Waals surface area (Å²) in [5.74, 6) is -0.869. The Morgan fingerprint density at radius 1 is 0.270 bits per heavy atom. The average molecular weight is 1040 g/mol. The van der Waals surface area contributed by atoms with E-state index in [1.807, 2.05) is 0 Å². The Balaban J connectivity index is 4.21. The first-order valence-corrected chi connectivity index (χ1v) is 33.0. The van der Waals surface area contributed by atoms with Crippen LogP contribution in [0.15, 0.2) is 36.5 Å². The summed E-state index contributed by atoms with van der Waals surface area (Å²) in [6.45, 7) is 6.65. The summed E-state index contributed by atoms with van der Waals surface area (Å²) in [7, 11) is 0. The number of unbranched alkanes of at least 4 members (excludes halogenated alkanes) is 44. The van der Waals surface area contributed by atoms with E-state index in [0.717, 1.165) is 77.0 Å². The predicted molar refractivity (Wildman–Crippen MR) is 321 cm³/mol. The molecule has 1 unspecified atom stereocenters. The van der Waals surface area contributed by atoms with Crippen molar-refractivity contribution in [3.05, 3.63) is 36.5 Å². The molecule has 6 heteroatoms. The zero-order valence-electron chi connectivity index (χ0n) is 49.9. The molecular formula is C68H126O6. The van der Waals surface area contributed by atoms with Crippen LogP contribution in [-0.4, -0.2) is 37.2 Å². The SMILES string of the molecule is CCCCC/C=C\CCCCCCCC(=O)OCC(COC(=O)CCCCCCCCCCCCCCCCCCCCCCCCCCCC)OC(=O)CCCCCCCCC/C=C\C/C=C\CCCCCC. The van der Waals surface area contributed by atoms with Gasteiger partial charge in [0.05, 0.1) is 0 Å². The van der Waals surface area contributed by atoms with E-state index in [4.69, 9.17) is 14.2 Å². The molecule has 74 heavy (non-hydrogen) atoms. The molecule has 0 saturated heterocycles. The lowest BCUT2D eigenvalue weighted by atomic mass is 10.0. The second kappa shape index (κ2) is 63.2. The molecular weight excluding hydrogens is 913 g/mol. The zero-order chi connectivity index (χ0) is 53.6. The number of carbonyl (C=O) groups excluding carboxylic acids is 3. The summed E-state index contributed by atoms with van der Waals surface area (Å²) in [6.07, 6.45) is 77.4. The van der Waals surface area contributed by atoms with Crippen LogP contribution in [0.25, 0.3) is 0 Å². The Morgan fingerprint density at radius 3 is 0.797 bits per heavy atom. The summed E-state index contributed by atoms with van der Waals surface area (Å²) in [5, 5.41) is 0. The number of carbonyl (C=O) groups is 3. The zero-order valence-corrected chi connectivity index (χ0v) is 49.9. The summed E-state index contributed by atoms with van der Waals surface area (Å²) in [5.41, 5.74) is 0. The molecule has 0 fully saturated rings. The van der Waals surface area contributed by atoms with E-state index >= 15 is 0 Å². The van der Waals surface area contributed by atoms with Crippen LogP contribution in [0.2, 0.25) is 0 Å². The molecule has 0 radical (unpaired) electrons. The lowest BCUT2D eigenvalue weighted by Gasteiger charge is -2.18. The van der Waals surface area contributed by atoms with Crippen molar-refractivity contribution in [2.24, 2.45) is 0 Å². The third kappa shape index (κ3) is 60.5. The molecule has 0 heterocycles. The normalized spacial score (nSPS) is 12.2. The number of hydrogen-bond donors (Lipinski definition) is 0. The number of hydrogen-bond acceptors (Lipinski definition) is 6. The summed E-state index contributed by atoms with van der Waals surface area (Å²) < 4.78 is 16.9. The molecule has 0 saturated carbocycles. The van der Waals surface area contributed by atoms with Gasteiger partial charge in [-0.25, -0.2) is 0 Å². The van der Waals surface area contributed by atoms with Crippen molar-refractivity contribution in [2.45, 2.75) is 367 Å². The highest BCUT2D eigenvalue weighted by atomic mass is 16.6. The van der Waals surface area contributed by atoms with Gasteiger partial charge in [-0.05, 0) is 77.0 Å². The molecule has 0 aliphatic rings. The highest BCUT2D eigenvalue weighted by molar-refractivity contribution is 5.71. The van der Waals surface area contributed by atoms with E-state index in [0.29, 0.717) is 19.3 Å². The fourth-order valence-corrected chi connectivity index (χ4v) is 9.88. The molecule has 0 aliphatic carbocycles. The minimum Gasteiger partial charge on any atom is -0.462 e. The molecule has 0 bridgehead atoms. The first-order chi connectivity index (χ1) is 36.5. The number of rotatable bonds is 61. The van der Waals surface area contributed by atoms with Gasteiger partial charge in [0.15, 0.2) is 6.10 Å². The number of ether oxygens (including phenoxy) is 3. The van der Waals surface area contributed by atoms with Crippen LogP contribution in [0.1, 0.15) is 361 Å². The predicted octanol–water partition coefficient (Wildman–Crippen LogP) is 22.4. The third-order valence-corrected chi connectivity index (χ3v) is 14.9. The number of allylic oxidation sites excluding steroid dienone is 6. The van der Waals surface area contributed by atoms with Gasteiger partial charge in [-0.15, -0.1) is 0 Å². The second-order valence-electron chi connectivity index (χ2n) is 22.4. The summed E-state index contributed by atoms with van der Waals surface area (Å²) in [6, 6.07) is 0. The van der Waals surface area contributed by atoms with Crippen LogP contribution >= 0.6 is 0 Å². The van der Waals surface area contributed by atoms with Crippen LogP contribution in [0.5, 0.6) is 0 Å².